The molecule has 1 aliphatic carbocycles. The molecule has 4 rings (SSSR count). The Hall–Kier alpha value is -2.41. The highest BCUT2D eigenvalue weighted by molar-refractivity contribution is 7.10. The Kier molecular flexibility index (Phi) is 4.45. The first kappa shape index (κ1) is 18.9. The summed E-state index contributed by atoms with van der Waals surface area (Å²) in [5.41, 5.74) is 2.35. The second-order valence-corrected chi connectivity index (χ2v) is 9.01. The summed E-state index contributed by atoms with van der Waals surface area (Å²) >= 11 is 1.62. The fraction of sp³-hybridized carbons (Fsp3) is 0.476. The van der Waals surface area contributed by atoms with Gasteiger partial charge in [0.2, 0.25) is 0 Å². The number of hydrogen-bond acceptors (Lipinski definition) is 4. The van der Waals surface area contributed by atoms with Crippen LogP contribution in [0.2, 0.25) is 0 Å². The smallest absolute Gasteiger partial charge is 0.325 e. The SMILES string of the molecule is Cc1cc(C(=O)CN2C(=O)N[C@]3(CCCc4sccc43)C2=O)c(C)n1C(C)C. The zero-order valence-corrected chi connectivity index (χ0v) is 17.5. The minimum absolute atomic E-state index is 0.207. The number of thiophene rings is 1. The van der Waals surface area contributed by atoms with Crippen LogP contribution in [0, 0.1) is 13.8 Å². The molecular formula is C21H25N3O3S. The molecule has 2 aromatic heterocycles. The average molecular weight is 400 g/mol. The number of ketones is 1. The Balaban J connectivity index is 1.62. The predicted molar refractivity (Wildman–Crippen MR) is 108 cm³/mol. The van der Waals surface area contributed by atoms with Crippen LogP contribution in [0.25, 0.3) is 0 Å². The van der Waals surface area contributed by atoms with Crippen molar-refractivity contribution in [2.24, 2.45) is 0 Å². The van der Waals surface area contributed by atoms with E-state index in [4.69, 9.17) is 0 Å². The van der Waals surface area contributed by atoms with Crippen LogP contribution in [0.15, 0.2) is 17.5 Å². The van der Waals surface area contributed by atoms with Crippen LogP contribution in [-0.4, -0.2) is 33.7 Å². The quantitative estimate of drug-likeness (QED) is 0.629. The molecule has 1 fully saturated rings. The van der Waals surface area contributed by atoms with Crippen LogP contribution in [0.3, 0.4) is 0 Å². The van der Waals surface area contributed by atoms with Gasteiger partial charge in [0.25, 0.3) is 5.91 Å². The average Bonchev–Trinajstić information content (AvgIpc) is 3.28. The maximum absolute atomic E-state index is 13.3. The Morgan fingerprint density at radius 1 is 1.32 bits per heavy atom. The molecule has 6 nitrogen and oxygen atoms in total. The summed E-state index contributed by atoms with van der Waals surface area (Å²) in [6.45, 7) is 7.78. The van der Waals surface area contributed by atoms with Crippen molar-refractivity contribution in [2.45, 2.75) is 58.5 Å². The molecule has 2 aromatic rings. The summed E-state index contributed by atoms with van der Waals surface area (Å²) in [6.07, 6.45) is 2.35. The van der Waals surface area contributed by atoms with E-state index in [-0.39, 0.29) is 24.3 Å². The minimum Gasteiger partial charge on any atom is -0.346 e. The molecule has 0 aromatic carbocycles. The van der Waals surface area contributed by atoms with Crippen LogP contribution in [0.4, 0.5) is 4.79 Å². The van der Waals surface area contributed by atoms with Crippen molar-refractivity contribution < 1.29 is 14.4 Å². The summed E-state index contributed by atoms with van der Waals surface area (Å²) < 4.78 is 2.10. The standard InChI is InChI=1S/C21H25N3O3S/c1-12(2)24-13(3)10-15(14(24)4)17(25)11-23-19(26)21(22-20(23)27)8-5-6-18-16(21)7-9-28-18/h7,9-10,12H,5-6,8,11H2,1-4H3,(H,22,27)/t21-/m0/s1. The van der Waals surface area contributed by atoms with E-state index in [2.05, 4.69) is 23.7 Å². The lowest BCUT2D eigenvalue weighted by atomic mass is 9.80. The van der Waals surface area contributed by atoms with Crippen molar-refractivity contribution in [3.05, 3.63) is 44.9 Å². The van der Waals surface area contributed by atoms with Gasteiger partial charge >= 0.3 is 6.03 Å². The number of aromatic nitrogens is 1. The van der Waals surface area contributed by atoms with E-state index >= 15 is 0 Å². The number of Topliss-reactive ketones (excluding diaryl/α,β-unsaturated/α-hetero) is 1. The molecule has 28 heavy (non-hydrogen) atoms. The van der Waals surface area contributed by atoms with Gasteiger partial charge in [0.1, 0.15) is 5.54 Å². The third-order valence-electron chi connectivity index (χ3n) is 5.94. The fourth-order valence-electron chi connectivity index (χ4n) is 4.77. The third kappa shape index (κ3) is 2.64. The zero-order chi connectivity index (χ0) is 20.2. The van der Waals surface area contributed by atoms with Crippen LogP contribution < -0.4 is 5.32 Å². The Morgan fingerprint density at radius 3 is 2.75 bits per heavy atom. The van der Waals surface area contributed by atoms with Gasteiger partial charge < -0.3 is 9.88 Å². The number of aryl methyl sites for hydroxylation is 2. The molecule has 1 N–H and O–H groups in total. The number of amides is 3. The van der Waals surface area contributed by atoms with Crippen LogP contribution >= 0.6 is 11.3 Å². The predicted octanol–water partition coefficient (Wildman–Crippen LogP) is 3.71. The Bertz CT molecular complexity index is 987. The number of rotatable bonds is 4. The number of hydrogen-bond donors (Lipinski definition) is 1. The second kappa shape index (κ2) is 6.58. The van der Waals surface area contributed by atoms with E-state index in [1.54, 1.807) is 11.3 Å². The lowest BCUT2D eigenvalue weighted by Gasteiger charge is -2.31. The summed E-state index contributed by atoms with van der Waals surface area (Å²) in [6, 6.07) is 3.54. The number of fused-ring (bicyclic) bond motifs is 2. The molecule has 1 spiro atoms. The lowest BCUT2D eigenvalue weighted by Crippen LogP contribution is -2.46. The van der Waals surface area contributed by atoms with Gasteiger partial charge in [-0.1, -0.05) is 0 Å². The minimum atomic E-state index is -1.00. The van der Waals surface area contributed by atoms with E-state index < -0.39 is 11.6 Å². The zero-order valence-electron chi connectivity index (χ0n) is 16.7. The largest absolute Gasteiger partial charge is 0.346 e. The van der Waals surface area contributed by atoms with Gasteiger partial charge in [0.05, 0.1) is 6.54 Å². The summed E-state index contributed by atoms with van der Waals surface area (Å²) in [5, 5.41) is 4.87. The van der Waals surface area contributed by atoms with Crippen molar-refractivity contribution >= 4 is 29.1 Å². The molecule has 1 aliphatic heterocycles. The maximum Gasteiger partial charge on any atom is 0.325 e. The fourth-order valence-corrected chi connectivity index (χ4v) is 5.77. The van der Waals surface area contributed by atoms with Gasteiger partial charge in [-0.05, 0) is 64.5 Å². The van der Waals surface area contributed by atoms with Crippen LogP contribution in [0.5, 0.6) is 0 Å². The van der Waals surface area contributed by atoms with Gasteiger partial charge in [-0.3, -0.25) is 14.5 Å². The van der Waals surface area contributed by atoms with Gasteiger partial charge in [-0.25, -0.2) is 4.79 Å². The Morgan fingerprint density at radius 2 is 2.07 bits per heavy atom. The highest BCUT2D eigenvalue weighted by Gasteiger charge is 2.54. The normalized spacial score (nSPS) is 21.5. The number of carbonyl (C=O) groups is 3. The van der Waals surface area contributed by atoms with Gasteiger partial charge in [-0.15, -0.1) is 11.3 Å². The van der Waals surface area contributed by atoms with E-state index in [1.807, 2.05) is 31.4 Å². The number of imide groups is 1. The molecule has 3 heterocycles. The first-order valence-electron chi connectivity index (χ1n) is 9.69. The molecule has 0 saturated carbocycles. The monoisotopic (exact) mass is 399 g/mol. The highest BCUT2D eigenvalue weighted by Crippen LogP contribution is 2.42. The number of urea groups is 1. The Labute approximate surface area is 168 Å². The lowest BCUT2D eigenvalue weighted by molar-refractivity contribution is -0.131. The van der Waals surface area contributed by atoms with E-state index in [0.29, 0.717) is 12.0 Å². The molecule has 0 bridgehead atoms. The molecule has 0 radical (unpaired) electrons. The highest BCUT2D eigenvalue weighted by atomic mass is 32.1. The van der Waals surface area contributed by atoms with Crippen molar-refractivity contribution in [2.75, 3.05) is 6.54 Å². The maximum atomic E-state index is 13.3. The van der Waals surface area contributed by atoms with E-state index in [1.165, 1.54) is 0 Å². The van der Waals surface area contributed by atoms with Crippen molar-refractivity contribution in [3.8, 4) is 0 Å². The van der Waals surface area contributed by atoms with E-state index in [9.17, 15) is 14.4 Å². The van der Waals surface area contributed by atoms with E-state index in [0.717, 1.165) is 39.6 Å². The van der Waals surface area contributed by atoms with Gasteiger partial charge in [0, 0.05) is 33.4 Å². The third-order valence-corrected chi connectivity index (χ3v) is 6.92. The number of carbonyl (C=O) groups excluding carboxylic acids is 3. The molecule has 2 aliphatic rings. The molecule has 1 saturated heterocycles. The topological polar surface area (TPSA) is 71.4 Å². The number of nitrogens with zero attached hydrogens (tertiary/aromatic N) is 2. The van der Waals surface area contributed by atoms with Crippen LogP contribution in [-0.2, 0) is 16.8 Å². The van der Waals surface area contributed by atoms with Crippen LogP contribution in [0.1, 0.15) is 64.9 Å². The summed E-state index contributed by atoms with van der Waals surface area (Å²) in [5.74, 6) is -0.509. The first-order chi connectivity index (χ1) is 13.3. The second-order valence-electron chi connectivity index (χ2n) is 8.01. The van der Waals surface area contributed by atoms with Crippen molar-refractivity contribution in [1.82, 2.24) is 14.8 Å². The molecule has 3 amide bonds. The molecule has 7 heteroatoms. The molecule has 148 valence electrons. The summed E-state index contributed by atoms with van der Waals surface area (Å²) in [4.78, 5) is 41.2. The van der Waals surface area contributed by atoms with Gasteiger partial charge in [-0.2, -0.15) is 0 Å². The number of nitrogens with one attached hydrogen (secondary N) is 1. The summed E-state index contributed by atoms with van der Waals surface area (Å²) in [7, 11) is 0. The molecule has 0 unspecified atom stereocenters. The van der Waals surface area contributed by atoms with Gasteiger partial charge in [0.15, 0.2) is 5.78 Å². The molecule has 1 atom stereocenters. The first-order valence-corrected chi connectivity index (χ1v) is 10.6. The molecular weight excluding hydrogens is 374 g/mol. The van der Waals surface area contributed by atoms with Crippen molar-refractivity contribution in [3.63, 3.8) is 0 Å². The van der Waals surface area contributed by atoms with Crippen molar-refractivity contribution in [1.29, 1.82) is 0 Å².